The summed E-state index contributed by atoms with van der Waals surface area (Å²) in [5, 5.41) is 3.01. The van der Waals surface area contributed by atoms with Gasteiger partial charge in [-0.3, -0.25) is 0 Å². The molecule has 1 heterocycles. The van der Waals surface area contributed by atoms with Crippen LogP contribution in [0.5, 0.6) is 0 Å². The van der Waals surface area contributed by atoms with E-state index in [-0.39, 0.29) is 0 Å². The predicted octanol–water partition coefficient (Wildman–Crippen LogP) is 3.07. The molecule has 1 aromatic carbocycles. The molecule has 6 heteroatoms. The lowest BCUT2D eigenvalue weighted by atomic mass is 10.3. The SMILES string of the molecule is Nc1ccc(CP(O)Nc2ccc(S)cc2)o1. The van der Waals surface area contributed by atoms with Gasteiger partial charge in [-0.25, -0.2) is 0 Å². The Bertz CT molecular complexity index is 486. The van der Waals surface area contributed by atoms with Crippen LogP contribution in [0.3, 0.4) is 0 Å². The molecule has 0 spiro atoms. The second-order valence-corrected chi connectivity index (χ2v) is 5.38. The molecule has 2 rings (SSSR count). The number of rotatable bonds is 4. The third-order valence-corrected chi connectivity index (χ3v) is 3.54. The van der Waals surface area contributed by atoms with E-state index in [0.717, 1.165) is 10.6 Å². The lowest BCUT2D eigenvalue weighted by Crippen LogP contribution is -1.93. The quantitative estimate of drug-likeness (QED) is 0.508. The molecular formula is C11H13N2O2PS. The highest BCUT2D eigenvalue weighted by atomic mass is 32.1. The highest BCUT2D eigenvalue weighted by Gasteiger charge is 2.08. The highest BCUT2D eigenvalue weighted by molar-refractivity contribution is 7.80. The van der Waals surface area contributed by atoms with Crippen LogP contribution in [0.25, 0.3) is 0 Å². The second-order valence-electron chi connectivity index (χ2n) is 3.52. The first-order valence-corrected chi connectivity index (χ1v) is 6.92. The van der Waals surface area contributed by atoms with Gasteiger partial charge in [-0.05, 0) is 30.3 Å². The summed E-state index contributed by atoms with van der Waals surface area (Å²) in [6, 6.07) is 10.9. The van der Waals surface area contributed by atoms with Crippen LogP contribution in [-0.2, 0) is 6.16 Å². The van der Waals surface area contributed by atoms with E-state index >= 15 is 0 Å². The third-order valence-electron chi connectivity index (χ3n) is 2.11. The van der Waals surface area contributed by atoms with E-state index in [4.69, 9.17) is 10.2 Å². The zero-order valence-corrected chi connectivity index (χ0v) is 10.8. The smallest absolute Gasteiger partial charge is 0.190 e. The van der Waals surface area contributed by atoms with Gasteiger partial charge in [-0.1, -0.05) is 0 Å². The van der Waals surface area contributed by atoms with E-state index < -0.39 is 8.30 Å². The van der Waals surface area contributed by atoms with E-state index in [0.29, 0.717) is 17.8 Å². The lowest BCUT2D eigenvalue weighted by molar-refractivity contribution is 0.539. The van der Waals surface area contributed by atoms with Gasteiger partial charge in [-0.2, -0.15) is 0 Å². The van der Waals surface area contributed by atoms with Crippen LogP contribution in [0.1, 0.15) is 5.76 Å². The number of hydrogen-bond donors (Lipinski definition) is 4. The van der Waals surface area contributed by atoms with Crippen molar-refractivity contribution in [2.45, 2.75) is 11.1 Å². The van der Waals surface area contributed by atoms with Gasteiger partial charge in [0.05, 0.1) is 6.16 Å². The predicted molar refractivity (Wildman–Crippen MR) is 73.3 cm³/mol. The van der Waals surface area contributed by atoms with Crippen LogP contribution in [0.2, 0.25) is 0 Å². The van der Waals surface area contributed by atoms with Gasteiger partial charge in [0.15, 0.2) is 5.88 Å². The molecule has 0 aliphatic heterocycles. The molecule has 1 unspecified atom stereocenters. The normalized spacial score (nSPS) is 12.4. The van der Waals surface area contributed by atoms with E-state index in [9.17, 15) is 4.89 Å². The number of benzene rings is 1. The van der Waals surface area contributed by atoms with Crippen LogP contribution in [0.15, 0.2) is 45.7 Å². The van der Waals surface area contributed by atoms with Gasteiger partial charge >= 0.3 is 0 Å². The van der Waals surface area contributed by atoms with Crippen molar-refractivity contribution in [2.75, 3.05) is 10.8 Å². The Hall–Kier alpha value is -1.16. The van der Waals surface area contributed by atoms with Gasteiger partial charge < -0.3 is 20.1 Å². The molecule has 0 aliphatic rings. The molecule has 0 amide bonds. The van der Waals surface area contributed by atoms with Crippen molar-refractivity contribution >= 4 is 32.5 Å². The summed E-state index contributed by atoms with van der Waals surface area (Å²) in [6.07, 6.45) is 0.426. The first-order chi connectivity index (χ1) is 8.13. The molecule has 4 nitrogen and oxygen atoms in total. The minimum Gasteiger partial charge on any atom is -0.445 e. The maximum absolute atomic E-state index is 9.87. The monoisotopic (exact) mass is 268 g/mol. The standard InChI is InChI=1S/C11H13N2O2PS/c12-11-6-3-9(15-11)7-16(14)13-8-1-4-10(17)5-2-8/h1-6,13-14,17H,7,12H2. The fraction of sp³-hybridized carbons (Fsp3) is 0.0909. The van der Waals surface area contributed by atoms with E-state index in [2.05, 4.69) is 17.7 Å². The number of furan rings is 1. The van der Waals surface area contributed by atoms with Crippen LogP contribution in [0.4, 0.5) is 11.6 Å². The second kappa shape index (κ2) is 5.45. The fourth-order valence-electron chi connectivity index (χ4n) is 1.35. The third kappa shape index (κ3) is 3.66. The van der Waals surface area contributed by atoms with Gasteiger partial charge in [0, 0.05) is 16.6 Å². The molecule has 0 saturated heterocycles. The topological polar surface area (TPSA) is 71.4 Å². The zero-order valence-electron chi connectivity index (χ0n) is 9.00. The Morgan fingerprint density at radius 1 is 1.24 bits per heavy atom. The maximum atomic E-state index is 9.87. The van der Waals surface area contributed by atoms with E-state index in [1.54, 1.807) is 12.1 Å². The maximum Gasteiger partial charge on any atom is 0.190 e. The molecule has 0 bridgehead atoms. The number of hydrogen-bond acceptors (Lipinski definition) is 5. The lowest BCUT2D eigenvalue weighted by Gasteiger charge is -2.11. The molecule has 0 saturated carbocycles. The van der Waals surface area contributed by atoms with Gasteiger partial charge in [0.2, 0.25) is 0 Å². The molecule has 2 aromatic rings. The molecule has 17 heavy (non-hydrogen) atoms. The van der Waals surface area contributed by atoms with E-state index in [1.807, 2.05) is 24.3 Å². The summed E-state index contributed by atoms with van der Waals surface area (Å²) in [4.78, 5) is 10.8. The number of nitrogens with two attached hydrogens (primary N) is 1. The number of thiol groups is 1. The largest absolute Gasteiger partial charge is 0.445 e. The summed E-state index contributed by atoms with van der Waals surface area (Å²) in [5.74, 6) is 1.04. The Morgan fingerprint density at radius 3 is 2.53 bits per heavy atom. The van der Waals surface area contributed by atoms with Crippen molar-refractivity contribution in [3.8, 4) is 0 Å². The number of nitrogens with one attached hydrogen (secondary N) is 1. The Labute approximate surface area is 106 Å². The summed E-state index contributed by atoms with van der Waals surface area (Å²) in [7, 11) is -1.35. The summed E-state index contributed by atoms with van der Waals surface area (Å²) in [6.45, 7) is 0. The van der Waals surface area contributed by atoms with Crippen molar-refractivity contribution in [1.29, 1.82) is 0 Å². The van der Waals surface area contributed by atoms with Gasteiger partial charge in [0.25, 0.3) is 0 Å². The average Bonchev–Trinajstić information content (AvgIpc) is 2.67. The highest BCUT2D eigenvalue weighted by Crippen LogP contribution is 2.36. The summed E-state index contributed by atoms with van der Waals surface area (Å²) < 4.78 is 5.19. The van der Waals surface area contributed by atoms with Crippen molar-refractivity contribution in [3.05, 3.63) is 42.2 Å². The fourth-order valence-corrected chi connectivity index (χ4v) is 2.49. The van der Waals surface area contributed by atoms with Gasteiger partial charge in [0.1, 0.15) is 14.1 Å². The first-order valence-electron chi connectivity index (χ1n) is 5.00. The van der Waals surface area contributed by atoms with Crippen molar-refractivity contribution < 1.29 is 9.31 Å². The molecule has 1 aromatic heterocycles. The minimum absolute atomic E-state index is 0.364. The molecule has 0 aliphatic carbocycles. The zero-order chi connectivity index (χ0) is 12.3. The number of anilines is 2. The Kier molecular flexibility index (Phi) is 3.94. The van der Waals surface area contributed by atoms with Crippen LogP contribution in [0, 0.1) is 0 Å². The first kappa shape index (κ1) is 12.3. The van der Waals surface area contributed by atoms with Crippen molar-refractivity contribution in [2.24, 2.45) is 0 Å². The van der Waals surface area contributed by atoms with Crippen molar-refractivity contribution in [1.82, 2.24) is 0 Å². The van der Waals surface area contributed by atoms with Crippen LogP contribution >= 0.6 is 20.9 Å². The Morgan fingerprint density at radius 2 is 1.94 bits per heavy atom. The average molecular weight is 268 g/mol. The molecule has 4 N–H and O–H groups in total. The minimum atomic E-state index is -1.35. The van der Waals surface area contributed by atoms with Gasteiger partial charge in [-0.15, -0.1) is 12.6 Å². The Balaban J connectivity index is 1.93. The molecular weight excluding hydrogens is 255 g/mol. The summed E-state index contributed by atoms with van der Waals surface area (Å²) in [5.41, 5.74) is 6.31. The summed E-state index contributed by atoms with van der Waals surface area (Å²) >= 11 is 4.19. The van der Waals surface area contributed by atoms with Crippen LogP contribution in [-0.4, -0.2) is 4.89 Å². The van der Waals surface area contributed by atoms with Crippen molar-refractivity contribution in [3.63, 3.8) is 0 Å². The van der Waals surface area contributed by atoms with E-state index in [1.165, 1.54) is 0 Å². The van der Waals surface area contributed by atoms with Crippen LogP contribution < -0.4 is 10.8 Å². The molecule has 0 fully saturated rings. The molecule has 90 valence electrons. The molecule has 0 radical (unpaired) electrons. The molecule has 1 atom stereocenters. The number of nitrogen functional groups attached to an aromatic ring is 1.